The second-order valence-electron chi connectivity index (χ2n) is 4.05. The predicted molar refractivity (Wildman–Crippen MR) is 74.2 cm³/mol. The van der Waals surface area contributed by atoms with Gasteiger partial charge < -0.3 is 4.74 Å². The normalized spacial score (nSPS) is 10.1. The van der Waals surface area contributed by atoms with Gasteiger partial charge in [0.1, 0.15) is 5.75 Å². The number of halogens is 1. The van der Waals surface area contributed by atoms with Gasteiger partial charge in [0.25, 0.3) is 5.69 Å². The van der Waals surface area contributed by atoms with Crippen molar-refractivity contribution in [1.82, 2.24) is 0 Å². The van der Waals surface area contributed by atoms with Gasteiger partial charge in [-0.2, -0.15) is 0 Å². The molecule has 0 radical (unpaired) electrons. The summed E-state index contributed by atoms with van der Waals surface area (Å²) in [5, 5.41) is 10.8. The van der Waals surface area contributed by atoms with Crippen LogP contribution in [0.3, 0.4) is 0 Å². The standard InChI is InChI=1S/C14H10ClNO4/c15-14(17)20-13-7-6-12(16(18)19)9-11(13)8-10-4-2-1-3-5-10/h1-7,9H,8H2. The molecule has 0 atom stereocenters. The molecular weight excluding hydrogens is 282 g/mol. The van der Waals surface area contributed by atoms with E-state index in [4.69, 9.17) is 16.3 Å². The lowest BCUT2D eigenvalue weighted by Crippen LogP contribution is -2.01. The van der Waals surface area contributed by atoms with Crippen LogP contribution in [0.15, 0.2) is 48.5 Å². The van der Waals surface area contributed by atoms with Gasteiger partial charge in [0.15, 0.2) is 0 Å². The second-order valence-corrected chi connectivity index (χ2v) is 4.36. The zero-order chi connectivity index (χ0) is 14.5. The molecular formula is C14H10ClNO4. The van der Waals surface area contributed by atoms with E-state index in [0.717, 1.165) is 5.56 Å². The van der Waals surface area contributed by atoms with Crippen molar-refractivity contribution in [3.63, 3.8) is 0 Å². The average molecular weight is 292 g/mol. The van der Waals surface area contributed by atoms with Crippen molar-refractivity contribution in [3.8, 4) is 5.75 Å². The lowest BCUT2D eigenvalue weighted by Gasteiger charge is -2.08. The van der Waals surface area contributed by atoms with Crippen LogP contribution >= 0.6 is 11.6 Å². The maximum absolute atomic E-state index is 10.8. The van der Waals surface area contributed by atoms with Crippen molar-refractivity contribution in [2.24, 2.45) is 0 Å². The first-order valence-electron chi connectivity index (χ1n) is 5.75. The second kappa shape index (κ2) is 6.16. The molecule has 2 aromatic carbocycles. The van der Waals surface area contributed by atoms with Crippen LogP contribution in [0, 0.1) is 10.1 Å². The third kappa shape index (κ3) is 3.55. The molecule has 0 saturated heterocycles. The minimum Gasteiger partial charge on any atom is -0.414 e. The summed E-state index contributed by atoms with van der Waals surface area (Å²) >= 11 is 5.19. The Labute approximate surface area is 119 Å². The third-order valence-corrected chi connectivity index (χ3v) is 2.76. The molecule has 0 aliphatic rings. The van der Waals surface area contributed by atoms with Crippen molar-refractivity contribution in [2.45, 2.75) is 6.42 Å². The van der Waals surface area contributed by atoms with E-state index in [1.807, 2.05) is 30.3 Å². The van der Waals surface area contributed by atoms with Crippen LogP contribution in [0.4, 0.5) is 10.5 Å². The molecule has 0 bridgehead atoms. The van der Waals surface area contributed by atoms with Crippen molar-refractivity contribution >= 4 is 22.7 Å². The predicted octanol–water partition coefficient (Wildman–Crippen LogP) is 3.92. The summed E-state index contributed by atoms with van der Waals surface area (Å²) in [6, 6.07) is 13.4. The minimum absolute atomic E-state index is 0.0645. The van der Waals surface area contributed by atoms with Crippen LogP contribution in [0.5, 0.6) is 5.75 Å². The number of hydrogen-bond acceptors (Lipinski definition) is 4. The highest BCUT2D eigenvalue weighted by Crippen LogP contribution is 2.27. The fourth-order valence-corrected chi connectivity index (χ4v) is 1.90. The summed E-state index contributed by atoms with van der Waals surface area (Å²) in [5.74, 6) is 0.222. The number of carbonyl (C=O) groups is 1. The lowest BCUT2D eigenvalue weighted by molar-refractivity contribution is -0.384. The number of rotatable bonds is 4. The van der Waals surface area contributed by atoms with Crippen molar-refractivity contribution in [2.75, 3.05) is 0 Å². The van der Waals surface area contributed by atoms with Crippen LogP contribution in [-0.4, -0.2) is 10.4 Å². The van der Waals surface area contributed by atoms with Crippen LogP contribution in [-0.2, 0) is 6.42 Å². The molecule has 0 spiro atoms. The monoisotopic (exact) mass is 291 g/mol. The number of benzene rings is 2. The van der Waals surface area contributed by atoms with E-state index in [1.54, 1.807) is 0 Å². The smallest absolute Gasteiger partial charge is 0.409 e. The number of hydrogen-bond donors (Lipinski definition) is 0. The summed E-state index contributed by atoms with van der Waals surface area (Å²) in [6.07, 6.45) is 0.405. The molecule has 0 amide bonds. The molecule has 5 nitrogen and oxygen atoms in total. The first-order valence-corrected chi connectivity index (χ1v) is 6.12. The Morgan fingerprint density at radius 1 is 1.20 bits per heavy atom. The van der Waals surface area contributed by atoms with Gasteiger partial charge >= 0.3 is 5.43 Å². The molecule has 0 aliphatic heterocycles. The largest absolute Gasteiger partial charge is 0.414 e. The Morgan fingerprint density at radius 2 is 1.90 bits per heavy atom. The molecule has 0 aromatic heterocycles. The molecule has 6 heteroatoms. The highest BCUT2D eigenvalue weighted by Gasteiger charge is 2.14. The lowest BCUT2D eigenvalue weighted by atomic mass is 10.0. The molecule has 2 rings (SSSR count). The number of nitro benzene ring substituents is 1. The molecule has 0 N–H and O–H groups in total. The van der Waals surface area contributed by atoms with Gasteiger partial charge in [-0.15, -0.1) is 0 Å². The molecule has 20 heavy (non-hydrogen) atoms. The number of nitro groups is 1. The van der Waals surface area contributed by atoms with Crippen molar-refractivity contribution < 1.29 is 14.5 Å². The fraction of sp³-hybridized carbons (Fsp3) is 0.0714. The van der Waals surface area contributed by atoms with Gasteiger partial charge in [-0.05, 0) is 11.6 Å². The Hall–Kier alpha value is -2.40. The summed E-state index contributed by atoms with van der Waals surface area (Å²) in [4.78, 5) is 21.2. The minimum atomic E-state index is -0.979. The van der Waals surface area contributed by atoms with E-state index in [-0.39, 0.29) is 11.4 Å². The van der Waals surface area contributed by atoms with Crippen molar-refractivity contribution in [1.29, 1.82) is 0 Å². The molecule has 0 unspecified atom stereocenters. The summed E-state index contributed by atoms with van der Waals surface area (Å²) < 4.78 is 4.86. The van der Waals surface area contributed by atoms with E-state index in [0.29, 0.717) is 12.0 Å². The Kier molecular flexibility index (Phi) is 4.32. The Morgan fingerprint density at radius 3 is 2.50 bits per heavy atom. The molecule has 2 aromatic rings. The van der Waals surface area contributed by atoms with E-state index >= 15 is 0 Å². The number of non-ortho nitro benzene ring substituents is 1. The Balaban J connectivity index is 2.38. The van der Waals surface area contributed by atoms with Gasteiger partial charge in [-0.25, -0.2) is 4.79 Å². The SMILES string of the molecule is O=C(Cl)Oc1ccc([N+](=O)[O-])cc1Cc1ccccc1. The highest BCUT2D eigenvalue weighted by molar-refractivity contribution is 6.61. The molecule has 102 valence electrons. The molecule has 0 saturated carbocycles. The van der Waals surface area contributed by atoms with Crippen molar-refractivity contribution in [3.05, 3.63) is 69.8 Å². The third-order valence-electron chi connectivity index (χ3n) is 2.68. The van der Waals surface area contributed by atoms with Gasteiger partial charge in [0.2, 0.25) is 0 Å². The van der Waals surface area contributed by atoms with Gasteiger partial charge in [-0.3, -0.25) is 10.1 Å². The van der Waals surface area contributed by atoms with E-state index in [2.05, 4.69) is 0 Å². The number of nitrogens with zero attached hydrogens (tertiary/aromatic N) is 1. The fourth-order valence-electron chi connectivity index (χ4n) is 1.82. The summed E-state index contributed by atoms with van der Waals surface area (Å²) in [5.41, 5.74) is 0.428. The summed E-state index contributed by atoms with van der Waals surface area (Å²) in [7, 11) is 0. The van der Waals surface area contributed by atoms with Gasteiger partial charge in [0, 0.05) is 35.7 Å². The van der Waals surface area contributed by atoms with Crippen LogP contribution in [0.2, 0.25) is 0 Å². The molecule has 0 fully saturated rings. The van der Waals surface area contributed by atoms with E-state index < -0.39 is 10.4 Å². The molecule has 0 aliphatic carbocycles. The summed E-state index contributed by atoms with van der Waals surface area (Å²) in [6.45, 7) is 0. The first kappa shape index (κ1) is 14.0. The van der Waals surface area contributed by atoms with Crippen LogP contribution in [0.1, 0.15) is 11.1 Å². The zero-order valence-electron chi connectivity index (χ0n) is 10.3. The van der Waals surface area contributed by atoms with E-state index in [9.17, 15) is 14.9 Å². The highest BCUT2D eigenvalue weighted by atomic mass is 35.5. The Bertz CT molecular complexity index is 643. The quantitative estimate of drug-likeness (QED) is 0.486. The zero-order valence-corrected chi connectivity index (χ0v) is 11.0. The number of ether oxygens (including phenoxy) is 1. The average Bonchev–Trinajstić information content (AvgIpc) is 2.41. The maximum atomic E-state index is 10.8. The van der Waals surface area contributed by atoms with Crippen LogP contribution in [0.25, 0.3) is 0 Å². The molecule has 0 heterocycles. The van der Waals surface area contributed by atoms with Crippen LogP contribution < -0.4 is 4.74 Å². The maximum Gasteiger partial charge on any atom is 0.409 e. The topological polar surface area (TPSA) is 69.4 Å². The van der Waals surface area contributed by atoms with Gasteiger partial charge in [0.05, 0.1) is 4.92 Å². The first-order chi connectivity index (χ1) is 9.56. The van der Waals surface area contributed by atoms with E-state index in [1.165, 1.54) is 18.2 Å². The van der Waals surface area contributed by atoms with Gasteiger partial charge in [-0.1, -0.05) is 30.3 Å². The number of carbonyl (C=O) groups excluding carboxylic acids is 1.